The van der Waals surface area contributed by atoms with E-state index in [0.29, 0.717) is 5.92 Å². The fourth-order valence-corrected chi connectivity index (χ4v) is 4.16. The van der Waals surface area contributed by atoms with E-state index in [1.807, 2.05) is 11.3 Å². The first-order chi connectivity index (χ1) is 9.24. The van der Waals surface area contributed by atoms with Gasteiger partial charge in [0.2, 0.25) is 0 Å². The van der Waals surface area contributed by atoms with Crippen molar-refractivity contribution in [2.24, 2.45) is 11.7 Å². The summed E-state index contributed by atoms with van der Waals surface area (Å²) in [5, 5.41) is 1.13. The van der Waals surface area contributed by atoms with Gasteiger partial charge >= 0.3 is 0 Å². The van der Waals surface area contributed by atoms with Crippen LogP contribution < -0.4 is 10.6 Å². The fourth-order valence-electron chi connectivity index (χ4n) is 3.02. The van der Waals surface area contributed by atoms with E-state index in [-0.39, 0.29) is 6.04 Å². The predicted octanol–water partition coefficient (Wildman–Crippen LogP) is 2.34. The zero-order chi connectivity index (χ0) is 13.2. The van der Waals surface area contributed by atoms with Crippen molar-refractivity contribution in [2.75, 3.05) is 31.7 Å². The number of nitrogens with zero attached hydrogens (tertiary/aromatic N) is 2. The zero-order valence-corrected chi connectivity index (χ0v) is 12.4. The summed E-state index contributed by atoms with van der Waals surface area (Å²) >= 11 is 1.83. The van der Waals surface area contributed by atoms with Gasteiger partial charge in [0, 0.05) is 31.1 Å². The molecule has 3 rings (SSSR count). The van der Waals surface area contributed by atoms with Crippen LogP contribution in [0.2, 0.25) is 0 Å². The van der Waals surface area contributed by atoms with Crippen molar-refractivity contribution >= 4 is 16.5 Å². The van der Waals surface area contributed by atoms with E-state index in [9.17, 15) is 0 Å². The monoisotopic (exact) mass is 281 g/mol. The SMILES string of the molecule is CN(CC1CCCOC1)c1nc2c(s1)CCCC2N. The highest BCUT2D eigenvalue weighted by Crippen LogP contribution is 2.35. The number of aryl methyl sites for hydroxylation is 1. The van der Waals surface area contributed by atoms with Crippen molar-refractivity contribution in [1.82, 2.24) is 4.98 Å². The molecule has 0 bridgehead atoms. The van der Waals surface area contributed by atoms with E-state index in [1.165, 1.54) is 24.1 Å². The lowest BCUT2D eigenvalue weighted by Crippen LogP contribution is -2.30. The number of nitrogens with two attached hydrogens (primary N) is 1. The molecule has 1 aromatic heterocycles. The molecule has 19 heavy (non-hydrogen) atoms. The molecule has 2 N–H and O–H groups in total. The van der Waals surface area contributed by atoms with E-state index in [1.54, 1.807) is 0 Å². The first-order valence-electron chi connectivity index (χ1n) is 7.28. The summed E-state index contributed by atoms with van der Waals surface area (Å²) in [5.74, 6) is 0.647. The van der Waals surface area contributed by atoms with Crippen molar-refractivity contribution in [3.8, 4) is 0 Å². The van der Waals surface area contributed by atoms with Gasteiger partial charge in [-0.25, -0.2) is 4.98 Å². The molecule has 0 aromatic carbocycles. The second-order valence-electron chi connectivity index (χ2n) is 5.77. The summed E-state index contributed by atoms with van der Waals surface area (Å²) < 4.78 is 5.55. The number of fused-ring (bicyclic) bond motifs is 1. The lowest BCUT2D eigenvalue weighted by Gasteiger charge is -2.26. The molecule has 2 aliphatic rings. The summed E-state index contributed by atoms with van der Waals surface area (Å²) in [6.45, 7) is 2.87. The second kappa shape index (κ2) is 5.77. The van der Waals surface area contributed by atoms with Crippen molar-refractivity contribution in [3.05, 3.63) is 10.6 Å². The number of thiazole rings is 1. The van der Waals surface area contributed by atoms with Gasteiger partial charge in [-0.15, -0.1) is 11.3 Å². The quantitative estimate of drug-likeness (QED) is 0.924. The molecule has 4 nitrogen and oxygen atoms in total. The Labute approximate surface area is 119 Å². The van der Waals surface area contributed by atoms with Crippen LogP contribution in [0, 0.1) is 5.92 Å². The maximum atomic E-state index is 6.15. The van der Waals surface area contributed by atoms with E-state index in [4.69, 9.17) is 15.5 Å². The van der Waals surface area contributed by atoms with Crippen molar-refractivity contribution in [2.45, 2.75) is 38.1 Å². The van der Waals surface area contributed by atoms with Crippen LogP contribution in [0.3, 0.4) is 0 Å². The second-order valence-corrected chi connectivity index (χ2v) is 6.83. The summed E-state index contributed by atoms with van der Waals surface area (Å²) in [6.07, 6.45) is 5.90. The van der Waals surface area contributed by atoms with Crippen LogP contribution in [0.15, 0.2) is 0 Å². The van der Waals surface area contributed by atoms with Crippen LogP contribution in [-0.2, 0) is 11.2 Å². The van der Waals surface area contributed by atoms with E-state index >= 15 is 0 Å². The van der Waals surface area contributed by atoms with Crippen molar-refractivity contribution < 1.29 is 4.74 Å². The lowest BCUT2D eigenvalue weighted by molar-refractivity contribution is 0.0576. The van der Waals surface area contributed by atoms with Gasteiger partial charge in [0.25, 0.3) is 0 Å². The van der Waals surface area contributed by atoms with E-state index in [0.717, 1.165) is 43.4 Å². The molecule has 2 atom stereocenters. The molecule has 1 saturated heterocycles. The molecule has 0 amide bonds. The number of ether oxygens (including phenoxy) is 1. The topological polar surface area (TPSA) is 51.4 Å². The van der Waals surface area contributed by atoms with Gasteiger partial charge in [-0.1, -0.05) is 0 Å². The van der Waals surface area contributed by atoms with Crippen LogP contribution in [-0.4, -0.2) is 31.8 Å². The molecule has 106 valence electrons. The molecular weight excluding hydrogens is 258 g/mol. The third kappa shape index (κ3) is 2.93. The largest absolute Gasteiger partial charge is 0.381 e. The minimum absolute atomic E-state index is 0.153. The van der Waals surface area contributed by atoms with Gasteiger partial charge < -0.3 is 15.4 Å². The Morgan fingerprint density at radius 2 is 2.32 bits per heavy atom. The molecule has 1 aromatic rings. The van der Waals surface area contributed by atoms with Gasteiger partial charge in [-0.2, -0.15) is 0 Å². The number of hydrogen-bond donors (Lipinski definition) is 1. The standard InChI is InChI=1S/C14H23N3OS/c1-17(8-10-4-3-7-18-9-10)14-16-13-11(15)5-2-6-12(13)19-14/h10-11H,2-9,15H2,1H3. The highest BCUT2D eigenvalue weighted by molar-refractivity contribution is 7.15. The molecule has 1 fully saturated rings. The minimum atomic E-state index is 0.153. The minimum Gasteiger partial charge on any atom is -0.381 e. The lowest BCUT2D eigenvalue weighted by atomic mass is 9.99. The van der Waals surface area contributed by atoms with Gasteiger partial charge in [-0.05, 0) is 38.0 Å². The number of anilines is 1. The highest BCUT2D eigenvalue weighted by atomic mass is 32.1. The van der Waals surface area contributed by atoms with Crippen LogP contribution >= 0.6 is 11.3 Å². The fraction of sp³-hybridized carbons (Fsp3) is 0.786. The van der Waals surface area contributed by atoms with Gasteiger partial charge in [0.1, 0.15) is 0 Å². The molecular formula is C14H23N3OS. The van der Waals surface area contributed by atoms with Gasteiger partial charge in [-0.3, -0.25) is 0 Å². The van der Waals surface area contributed by atoms with Gasteiger partial charge in [0.05, 0.1) is 12.3 Å². The number of rotatable bonds is 3. The molecule has 0 radical (unpaired) electrons. The third-order valence-electron chi connectivity index (χ3n) is 4.10. The Hall–Kier alpha value is -0.650. The average Bonchev–Trinajstić information content (AvgIpc) is 2.85. The maximum absolute atomic E-state index is 6.15. The Kier molecular flexibility index (Phi) is 4.05. The molecule has 5 heteroatoms. The smallest absolute Gasteiger partial charge is 0.185 e. The van der Waals surface area contributed by atoms with Crippen LogP contribution in [0.25, 0.3) is 0 Å². The van der Waals surface area contributed by atoms with Crippen LogP contribution in [0.1, 0.15) is 42.3 Å². The van der Waals surface area contributed by atoms with Crippen molar-refractivity contribution in [3.63, 3.8) is 0 Å². The highest BCUT2D eigenvalue weighted by Gasteiger charge is 2.24. The van der Waals surface area contributed by atoms with Crippen LogP contribution in [0.4, 0.5) is 5.13 Å². The molecule has 1 aliphatic heterocycles. The Morgan fingerprint density at radius 3 is 3.05 bits per heavy atom. The molecule has 2 unspecified atom stereocenters. The summed E-state index contributed by atoms with van der Waals surface area (Å²) in [7, 11) is 2.14. The summed E-state index contributed by atoms with van der Waals surface area (Å²) in [6, 6.07) is 0.153. The van der Waals surface area contributed by atoms with E-state index in [2.05, 4.69) is 11.9 Å². The number of hydrogen-bond acceptors (Lipinski definition) is 5. The molecule has 0 spiro atoms. The summed E-state index contributed by atoms with van der Waals surface area (Å²) in [4.78, 5) is 8.47. The first kappa shape index (κ1) is 13.3. The predicted molar refractivity (Wildman–Crippen MR) is 78.8 cm³/mol. The third-order valence-corrected chi connectivity index (χ3v) is 5.34. The Balaban J connectivity index is 1.67. The number of aromatic nitrogens is 1. The average molecular weight is 281 g/mol. The maximum Gasteiger partial charge on any atom is 0.185 e. The van der Waals surface area contributed by atoms with E-state index < -0.39 is 0 Å². The van der Waals surface area contributed by atoms with Crippen molar-refractivity contribution in [1.29, 1.82) is 0 Å². The first-order valence-corrected chi connectivity index (χ1v) is 8.09. The Bertz CT molecular complexity index is 428. The van der Waals surface area contributed by atoms with Gasteiger partial charge in [0.15, 0.2) is 5.13 Å². The molecule has 0 saturated carbocycles. The Morgan fingerprint density at radius 1 is 1.42 bits per heavy atom. The molecule has 2 heterocycles. The molecule has 1 aliphatic carbocycles. The zero-order valence-electron chi connectivity index (χ0n) is 11.6. The summed E-state index contributed by atoms with van der Waals surface area (Å²) in [5.41, 5.74) is 7.30. The van der Waals surface area contributed by atoms with Crippen LogP contribution in [0.5, 0.6) is 0 Å². The normalized spacial score (nSPS) is 27.1.